The van der Waals surface area contributed by atoms with E-state index >= 15 is 9.59 Å². The first kappa shape index (κ1) is 98.3. The Morgan fingerprint density at radius 2 is 1.03 bits per heavy atom. The molecule has 9 unspecified atom stereocenters. The third-order valence-electron chi connectivity index (χ3n) is 19.9. The van der Waals surface area contributed by atoms with Crippen LogP contribution in [0.5, 0.6) is 0 Å². The number of hydrogen-bond donors (Lipinski definition) is 5. The zero-order chi connectivity index (χ0) is 83.7. The van der Waals surface area contributed by atoms with Crippen molar-refractivity contribution < 1.29 is 75.5 Å². The molecule has 0 bridgehead atoms. The Balaban J connectivity index is 3.89. The van der Waals surface area contributed by atoms with Gasteiger partial charge in [0.1, 0.15) is 54.4 Å². The average molecular weight is 1540 g/mol. The van der Waals surface area contributed by atoms with Gasteiger partial charge in [0.15, 0.2) is 0 Å². The number of likely N-dealkylation sites (tertiary alicyclic amines) is 1. The monoisotopic (exact) mass is 1540 g/mol. The number of alkyl halides is 3. The molecule has 0 aromatic heterocycles. The minimum absolute atomic E-state index is 0.0117. The maximum Gasteiger partial charge on any atom is 0.415 e. The minimum Gasteiger partial charge on any atom is -0.359 e. The van der Waals surface area contributed by atoms with Crippen LogP contribution in [0.4, 0.5) is 13.2 Å². The van der Waals surface area contributed by atoms with Gasteiger partial charge in [-0.25, -0.2) is 0 Å². The molecular formula is C80H132F3N13O13. The molecule has 616 valence electrons. The van der Waals surface area contributed by atoms with Gasteiger partial charge < -0.3 is 65.8 Å². The number of carbonyl (C=O) groups excluding carboxylic acids is 13. The van der Waals surface area contributed by atoms with E-state index in [9.17, 15) is 65.9 Å². The number of carbonyl (C=O) groups is 13. The highest BCUT2D eigenvalue weighted by Gasteiger charge is 2.43. The molecule has 1 fully saturated rings. The minimum atomic E-state index is -4.73. The fraction of sp³-hybridized carbons (Fsp3) is 0.688. The third-order valence-corrected chi connectivity index (χ3v) is 19.9. The summed E-state index contributed by atoms with van der Waals surface area (Å²) in [4.78, 5) is 197. The van der Waals surface area contributed by atoms with Crippen LogP contribution in [0.25, 0.3) is 0 Å². The summed E-state index contributed by atoms with van der Waals surface area (Å²) in [6.07, 6.45) is 4.35. The van der Waals surface area contributed by atoms with E-state index in [4.69, 9.17) is 0 Å². The van der Waals surface area contributed by atoms with Crippen molar-refractivity contribution in [3.63, 3.8) is 0 Å². The molecule has 0 spiro atoms. The molecule has 1 heterocycles. The molecular weight excluding hydrogens is 1410 g/mol. The molecule has 0 aromatic rings. The zero-order valence-electron chi connectivity index (χ0n) is 68.9. The van der Waals surface area contributed by atoms with Gasteiger partial charge in [0.05, 0.1) is 13.0 Å². The summed E-state index contributed by atoms with van der Waals surface area (Å²) in [5.41, 5.74) is -0.614. The SMILES string of the molecule is C=C/C=C(\C=C)CC(C(=O)N(C)C(C(=O)NC(CC)C(=O)N(CCC)CC(=O)N(C)C(CC(C)C)C(=O)N[C@@H](CC(=O)N(C)C(CC(C)C)C(=O)NC(CC(=C)/C=C\C(=C)C(F)(F)F)C(=O)N(C)C(C)CC(C)C)C(=O)N1CCCCC1)[C@@H](C)CC)N(C)C(=O)C(CCC(=O)NC)NC(=O)C(CC(C)C)N(C)C=O. The third kappa shape index (κ3) is 32.1. The van der Waals surface area contributed by atoms with Crippen LogP contribution in [0, 0.1) is 29.6 Å². The molecule has 0 aliphatic carbocycles. The predicted octanol–water partition coefficient (Wildman–Crippen LogP) is 7.65. The number of piperidine rings is 1. The Kier molecular flexibility index (Phi) is 43.4. The molecule has 1 rings (SSSR count). The van der Waals surface area contributed by atoms with Crippen molar-refractivity contribution in [1.29, 1.82) is 0 Å². The molecule has 0 radical (unpaired) electrons. The lowest BCUT2D eigenvalue weighted by atomic mass is 9.94. The van der Waals surface area contributed by atoms with E-state index in [1.807, 2.05) is 69.2 Å². The topological polar surface area (TPSA) is 308 Å². The largest absolute Gasteiger partial charge is 0.415 e. The molecule has 5 N–H and O–H groups in total. The number of rotatable bonds is 48. The van der Waals surface area contributed by atoms with Gasteiger partial charge in [-0.1, -0.05) is 152 Å². The van der Waals surface area contributed by atoms with Crippen molar-refractivity contribution in [2.45, 2.75) is 253 Å². The van der Waals surface area contributed by atoms with Gasteiger partial charge in [0.2, 0.25) is 77.3 Å². The van der Waals surface area contributed by atoms with E-state index in [-0.39, 0.29) is 93.2 Å². The molecule has 0 saturated carbocycles. The summed E-state index contributed by atoms with van der Waals surface area (Å²) < 4.78 is 40.3. The van der Waals surface area contributed by atoms with E-state index in [0.717, 1.165) is 28.4 Å². The zero-order valence-corrected chi connectivity index (χ0v) is 68.9. The molecule has 1 aliphatic rings. The van der Waals surface area contributed by atoms with E-state index in [2.05, 4.69) is 52.9 Å². The summed E-state index contributed by atoms with van der Waals surface area (Å²) in [7, 11) is 9.92. The van der Waals surface area contributed by atoms with Gasteiger partial charge in [0, 0.05) is 99.8 Å². The van der Waals surface area contributed by atoms with Crippen molar-refractivity contribution >= 4 is 77.3 Å². The van der Waals surface area contributed by atoms with E-state index < -0.39 is 156 Å². The smallest absolute Gasteiger partial charge is 0.359 e. The molecule has 0 aromatic carbocycles. The second-order valence-electron chi connectivity index (χ2n) is 30.7. The summed E-state index contributed by atoms with van der Waals surface area (Å²) in [5, 5.41) is 13.7. The van der Waals surface area contributed by atoms with Gasteiger partial charge in [-0.2, -0.15) is 13.2 Å². The Hall–Kier alpha value is -8.66. The van der Waals surface area contributed by atoms with Crippen molar-refractivity contribution in [3.05, 3.63) is 73.4 Å². The molecule has 109 heavy (non-hydrogen) atoms. The van der Waals surface area contributed by atoms with E-state index in [1.54, 1.807) is 38.8 Å². The van der Waals surface area contributed by atoms with Crippen molar-refractivity contribution in [2.75, 3.05) is 75.5 Å². The number of likely N-dealkylation sites (N-methyl/N-ethyl adjacent to an activating group) is 6. The van der Waals surface area contributed by atoms with Crippen molar-refractivity contribution in [2.24, 2.45) is 29.6 Å². The van der Waals surface area contributed by atoms with Crippen LogP contribution in [-0.4, -0.2) is 259 Å². The maximum absolute atomic E-state index is 15.3. The fourth-order valence-electron chi connectivity index (χ4n) is 13.0. The normalized spacial score (nSPS) is 15.6. The van der Waals surface area contributed by atoms with E-state index in [0.29, 0.717) is 57.2 Å². The van der Waals surface area contributed by atoms with Gasteiger partial charge in [-0.05, 0) is 106 Å². The summed E-state index contributed by atoms with van der Waals surface area (Å²) in [6, 6.07) is -12.0. The van der Waals surface area contributed by atoms with Gasteiger partial charge in [0.25, 0.3) is 0 Å². The van der Waals surface area contributed by atoms with Gasteiger partial charge >= 0.3 is 6.18 Å². The van der Waals surface area contributed by atoms with Crippen LogP contribution >= 0.6 is 0 Å². The van der Waals surface area contributed by atoms with Gasteiger partial charge in [-0.15, -0.1) is 0 Å². The van der Waals surface area contributed by atoms with E-state index in [1.165, 1.54) is 78.9 Å². The Morgan fingerprint density at radius 1 is 0.532 bits per heavy atom. The molecule has 13 amide bonds. The number of allylic oxidation sites excluding steroid dienone is 6. The molecule has 26 nitrogen and oxygen atoms in total. The predicted molar refractivity (Wildman–Crippen MR) is 418 cm³/mol. The summed E-state index contributed by atoms with van der Waals surface area (Å²) in [5.74, 6) is -9.03. The molecule has 1 saturated heterocycles. The number of hydrogen-bond acceptors (Lipinski definition) is 13. The first-order valence-corrected chi connectivity index (χ1v) is 38.4. The first-order chi connectivity index (χ1) is 50.8. The Labute approximate surface area is 647 Å². The Bertz CT molecular complexity index is 3180. The van der Waals surface area contributed by atoms with Crippen LogP contribution in [0.3, 0.4) is 0 Å². The molecule has 1 aliphatic heterocycles. The highest BCUT2D eigenvalue weighted by atomic mass is 19.4. The summed E-state index contributed by atoms with van der Waals surface area (Å²) >= 11 is 0. The first-order valence-electron chi connectivity index (χ1n) is 38.4. The summed E-state index contributed by atoms with van der Waals surface area (Å²) in [6.45, 7) is 38.4. The quantitative estimate of drug-likeness (QED) is 0.0289. The van der Waals surface area contributed by atoms with Crippen molar-refractivity contribution in [1.82, 2.24) is 65.8 Å². The van der Waals surface area contributed by atoms with Crippen LogP contribution in [0.1, 0.15) is 186 Å². The molecule has 11 atom stereocenters. The lowest BCUT2D eigenvalue weighted by Gasteiger charge is -2.38. The highest BCUT2D eigenvalue weighted by Crippen LogP contribution is 2.28. The number of halogens is 3. The second-order valence-corrected chi connectivity index (χ2v) is 30.7. The lowest BCUT2D eigenvalue weighted by Crippen LogP contribution is -2.61. The van der Waals surface area contributed by atoms with Crippen LogP contribution in [0.15, 0.2) is 73.4 Å². The Morgan fingerprint density at radius 3 is 1.50 bits per heavy atom. The maximum atomic E-state index is 15.3. The van der Waals surface area contributed by atoms with Gasteiger partial charge in [-0.3, -0.25) is 62.3 Å². The van der Waals surface area contributed by atoms with Crippen LogP contribution in [-0.2, 0) is 62.3 Å². The second kappa shape index (κ2) is 48.1. The average Bonchev–Trinajstić information content (AvgIpc) is 0.813. The fourth-order valence-corrected chi connectivity index (χ4v) is 13.0. The number of nitrogens with one attached hydrogen (secondary N) is 5. The van der Waals surface area contributed by atoms with Crippen molar-refractivity contribution in [3.8, 4) is 0 Å². The molecule has 29 heteroatoms. The van der Waals surface area contributed by atoms with Crippen LogP contribution in [0.2, 0.25) is 0 Å². The lowest BCUT2D eigenvalue weighted by molar-refractivity contribution is -0.151. The highest BCUT2D eigenvalue weighted by molar-refractivity contribution is 5.99. The number of nitrogens with zero attached hydrogens (tertiary/aromatic N) is 8. The number of amides is 13. The van der Waals surface area contributed by atoms with Crippen LogP contribution < -0.4 is 26.6 Å². The standard InChI is InChI=1S/C80H132F3N13O13/c1-25-33-58(28-4)46-66(93(23)75(105)60(36-37-67(98)84-18)86-71(101)63(42-51(8)9)89(19)49-97)79(109)94(24)70(55(15)27-3)74(104)85-59(29-5)77(107)96(38-26-2)48-69(100)92(22)65(44-53(12)13)73(103)88-62(78(108)95-39-31-30-32-40-95)47-68(99)91(21)64(43-52(10)11)72(102)87-61(76(106)90(20)57(17)41-50(6)7)45-54(14)34-35-56(16)80(81,82)83/h25,28,33-35,49-53,55,57,59-66,70H,1,4,14,16,26-27,29-32,36-48H2,2-3,5-13,15,17-24H3,(H,84,98)(H,85,104)(H,86,101)(H,87,102)(H,88,103)/b35-34-,58-33+/t55-,57?,59?,60?,61?,62-,63?,64?,65?,66?,70?/m0/s1.